The number of nitrogens with two attached hydrogens (primary N) is 1. The number of thiocarbonyl (C=S) groups is 1. The lowest BCUT2D eigenvalue weighted by Gasteiger charge is -2.10. The number of pyridine rings is 1. The molecule has 82 valence electrons. The molecule has 1 unspecified atom stereocenters. The van der Waals surface area contributed by atoms with E-state index < -0.39 is 0 Å². The van der Waals surface area contributed by atoms with Crippen LogP contribution < -0.4 is 11.1 Å². The molecule has 1 heterocycles. The second-order valence-corrected chi connectivity index (χ2v) is 4.94. The van der Waals surface area contributed by atoms with Crippen molar-refractivity contribution in [1.82, 2.24) is 4.98 Å². The maximum atomic E-state index is 5.45. The van der Waals surface area contributed by atoms with Crippen LogP contribution in [0.3, 0.4) is 0 Å². The molecule has 15 heavy (non-hydrogen) atoms. The van der Waals surface area contributed by atoms with E-state index in [-0.39, 0.29) is 0 Å². The van der Waals surface area contributed by atoms with Gasteiger partial charge in [-0.2, -0.15) is 11.8 Å². The molecule has 0 amide bonds. The van der Waals surface area contributed by atoms with E-state index in [4.69, 9.17) is 18.0 Å². The van der Waals surface area contributed by atoms with E-state index in [0.717, 1.165) is 12.2 Å². The number of anilines is 1. The molecule has 1 atom stereocenters. The van der Waals surface area contributed by atoms with Crippen molar-refractivity contribution in [3.05, 3.63) is 24.0 Å². The van der Waals surface area contributed by atoms with E-state index in [1.807, 2.05) is 23.9 Å². The van der Waals surface area contributed by atoms with Gasteiger partial charge in [-0.05, 0) is 18.4 Å². The standard InChI is InChI=1S/C10H15N3S2/c1-7(15-2)5-12-8-3-4-9(10(11)14)13-6-8/h3-4,6-7,12H,5H2,1-2H3,(H2,11,14). The SMILES string of the molecule is CSC(C)CNc1ccc(C(N)=S)nc1. The minimum atomic E-state index is 0.332. The molecule has 1 aromatic rings. The fourth-order valence-corrected chi connectivity index (χ4v) is 1.36. The summed E-state index contributed by atoms with van der Waals surface area (Å²) in [6.07, 6.45) is 3.85. The van der Waals surface area contributed by atoms with Crippen LogP contribution in [0, 0.1) is 0 Å². The molecule has 0 radical (unpaired) electrons. The highest BCUT2D eigenvalue weighted by atomic mass is 32.2. The molecule has 1 rings (SSSR count). The van der Waals surface area contributed by atoms with Crippen molar-refractivity contribution in [1.29, 1.82) is 0 Å². The van der Waals surface area contributed by atoms with E-state index >= 15 is 0 Å². The van der Waals surface area contributed by atoms with Gasteiger partial charge in [0.05, 0.1) is 17.6 Å². The Kier molecular flexibility index (Phi) is 4.84. The third-order valence-electron chi connectivity index (χ3n) is 2.01. The Morgan fingerprint density at radius 2 is 2.40 bits per heavy atom. The zero-order valence-electron chi connectivity index (χ0n) is 8.86. The van der Waals surface area contributed by atoms with Gasteiger partial charge in [-0.3, -0.25) is 4.98 Å². The van der Waals surface area contributed by atoms with E-state index in [1.54, 1.807) is 6.20 Å². The summed E-state index contributed by atoms with van der Waals surface area (Å²) in [6.45, 7) is 3.10. The van der Waals surface area contributed by atoms with Crippen molar-refractivity contribution >= 4 is 34.7 Å². The number of rotatable bonds is 5. The highest BCUT2D eigenvalue weighted by Crippen LogP contribution is 2.09. The molecule has 0 aliphatic rings. The Morgan fingerprint density at radius 1 is 1.67 bits per heavy atom. The lowest BCUT2D eigenvalue weighted by molar-refractivity contribution is 1.00. The molecule has 0 aliphatic heterocycles. The second kappa shape index (κ2) is 5.92. The van der Waals surface area contributed by atoms with Gasteiger partial charge in [0.2, 0.25) is 0 Å². The van der Waals surface area contributed by atoms with Crippen LogP contribution >= 0.6 is 24.0 Å². The minimum absolute atomic E-state index is 0.332. The minimum Gasteiger partial charge on any atom is -0.388 e. The van der Waals surface area contributed by atoms with Gasteiger partial charge in [0, 0.05) is 11.8 Å². The molecule has 0 bridgehead atoms. The van der Waals surface area contributed by atoms with E-state index in [9.17, 15) is 0 Å². The first-order chi connectivity index (χ1) is 7.13. The molecular formula is C10H15N3S2. The molecule has 0 spiro atoms. The molecule has 3 nitrogen and oxygen atoms in total. The van der Waals surface area contributed by atoms with Gasteiger partial charge < -0.3 is 11.1 Å². The van der Waals surface area contributed by atoms with Crippen LogP contribution in [-0.4, -0.2) is 28.0 Å². The lowest BCUT2D eigenvalue weighted by Crippen LogP contribution is -2.14. The van der Waals surface area contributed by atoms with E-state index in [0.29, 0.717) is 15.9 Å². The Hall–Kier alpha value is -0.810. The number of hydrogen-bond acceptors (Lipinski definition) is 4. The molecule has 0 aromatic carbocycles. The summed E-state index contributed by atoms with van der Waals surface area (Å²) in [5.74, 6) is 0. The van der Waals surface area contributed by atoms with Crippen LogP contribution in [0.5, 0.6) is 0 Å². The molecular weight excluding hydrogens is 226 g/mol. The zero-order chi connectivity index (χ0) is 11.3. The quantitative estimate of drug-likeness (QED) is 0.771. The Balaban J connectivity index is 2.53. The number of thioether (sulfide) groups is 1. The van der Waals surface area contributed by atoms with E-state index in [2.05, 4.69) is 23.5 Å². The van der Waals surface area contributed by atoms with Crippen molar-refractivity contribution < 1.29 is 0 Å². The summed E-state index contributed by atoms with van der Waals surface area (Å²) in [4.78, 5) is 4.48. The maximum Gasteiger partial charge on any atom is 0.122 e. The fraction of sp³-hybridized carbons (Fsp3) is 0.400. The lowest BCUT2D eigenvalue weighted by atomic mass is 10.3. The molecule has 0 aliphatic carbocycles. The fourth-order valence-electron chi connectivity index (χ4n) is 0.989. The van der Waals surface area contributed by atoms with Crippen molar-refractivity contribution in [3.8, 4) is 0 Å². The first kappa shape index (κ1) is 12.3. The van der Waals surface area contributed by atoms with Gasteiger partial charge in [0.25, 0.3) is 0 Å². The summed E-state index contributed by atoms with van der Waals surface area (Å²) >= 11 is 6.65. The average Bonchev–Trinajstić information content (AvgIpc) is 2.26. The molecule has 0 saturated heterocycles. The van der Waals surface area contributed by atoms with Gasteiger partial charge >= 0.3 is 0 Å². The van der Waals surface area contributed by atoms with Crippen LogP contribution in [0.25, 0.3) is 0 Å². The number of hydrogen-bond donors (Lipinski definition) is 2. The summed E-state index contributed by atoms with van der Waals surface area (Å²) in [5.41, 5.74) is 7.11. The highest BCUT2D eigenvalue weighted by Gasteiger charge is 2.00. The van der Waals surface area contributed by atoms with Crippen LogP contribution in [-0.2, 0) is 0 Å². The van der Waals surface area contributed by atoms with Gasteiger partial charge in [-0.25, -0.2) is 0 Å². The smallest absolute Gasteiger partial charge is 0.122 e. The predicted octanol–water partition coefficient (Wildman–Crippen LogP) is 1.88. The van der Waals surface area contributed by atoms with Crippen LogP contribution in [0.15, 0.2) is 18.3 Å². The van der Waals surface area contributed by atoms with Gasteiger partial charge in [0.1, 0.15) is 4.99 Å². The third kappa shape index (κ3) is 4.05. The van der Waals surface area contributed by atoms with Crippen molar-refractivity contribution in [2.45, 2.75) is 12.2 Å². The molecule has 1 aromatic heterocycles. The first-order valence-corrected chi connectivity index (χ1v) is 6.35. The van der Waals surface area contributed by atoms with Crippen LogP contribution in [0.1, 0.15) is 12.6 Å². The largest absolute Gasteiger partial charge is 0.388 e. The third-order valence-corrected chi connectivity index (χ3v) is 3.19. The normalized spacial score (nSPS) is 12.1. The Morgan fingerprint density at radius 3 is 2.87 bits per heavy atom. The number of nitrogens with zero attached hydrogens (tertiary/aromatic N) is 1. The van der Waals surface area contributed by atoms with Gasteiger partial charge in [0.15, 0.2) is 0 Å². The molecule has 0 saturated carbocycles. The highest BCUT2D eigenvalue weighted by molar-refractivity contribution is 7.99. The molecule has 0 fully saturated rings. The maximum absolute atomic E-state index is 5.45. The summed E-state index contributed by atoms with van der Waals surface area (Å²) in [5, 5.41) is 3.88. The number of nitrogens with one attached hydrogen (secondary N) is 1. The Labute approximate surface area is 99.8 Å². The summed E-state index contributed by atoms with van der Waals surface area (Å²) in [7, 11) is 0. The van der Waals surface area contributed by atoms with Crippen LogP contribution in [0.4, 0.5) is 5.69 Å². The predicted molar refractivity (Wildman–Crippen MR) is 71.6 cm³/mol. The van der Waals surface area contributed by atoms with Gasteiger partial charge in [-0.15, -0.1) is 0 Å². The summed E-state index contributed by atoms with van der Waals surface area (Å²) < 4.78 is 0. The monoisotopic (exact) mass is 241 g/mol. The molecule has 5 heteroatoms. The zero-order valence-corrected chi connectivity index (χ0v) is 10.5. The summed E-state index contributed by atoms with van der Waals surface area (Å²) in [6, 6.07) is 3.77. The number of aromatic nitrogens is 1. The van der Waals surface area contributed by atoms with Crippen molar-refractivity contribution in [2.24, 2.45) is 5.73 Å². The van der Waals surface area contributed by atoms with Gasteiger partial charge in [-0.1, -0.05) is 19.1 Å². The topological polar surface area (TPSA) is 50.9 Å². The van der Waals surface area contributed by atoms with Crippen molar-refractivity contribution in [3.63, 3.8) is 0 Å². The molecule has 3 N–H and O–H groups in total. The first-order valence-electron chi connectivity index (χ1n) is 4.66. The second-order valence-electron chi connectivity index (χ2n) is 3.22. The average molecular weight is 241 g/mol. The van der Waals surface area contributed by atoms with Crippen LogP contribution in [0.2, 0.25) is 0 Å². The van der Waals surface area contributed by atoms with E-state index in [1.165, 1.54) is 0 Å². The van der Waals surface area contributed by atoms with Crippen molar-refractivity contribution in [2.75, 3.05) is 18.1 Å². The Bertz CT molecular complexity index is 324.